The first kappa shape index (κ1) is 17.2. The molecule has 2 aromatic carbocycles. The van der Waals surface area contributed by atoms with Gasteiger partial charge in [-0.05, 0) is 62.4 Å². The van der Waals surface area contributed by atoms with Crippen molar-refractivity contribution in [3.8, 4) is 11.8 Å². The van der Waals surface area contributed by atoms with Crippen molar-refractivity contribution in [1.29, 1.82) is 5.26 Å². The predicted octanol–water partition coefficient (Wildman–Crippen LogP) is 3.39. The van der Waals surface area contributed by atoms with Crippen LogP contribution in [0.3, 0.4) is 0 Å². The van der Waals surface area contributed by atoms with Crippen molar-refractivity contribution in [1.82, 2.24) is 0 Å². The van der Waals surface area contributed by atoms with Crippen LogP contribution in [0.2, 0.25) is 0 Å². The number of carbonyl (C=O) groups excluding carboxylic acids is 2. The number of ketones is 1. The van der Waals surface area contributed by atoms with Gasteiger partial charge >= 0.3 is 5.97 Å². The summed E-state index contributed by atoms with van der Waals surface area (Å²) in [5.74, 6) is -0.220. The Morgan fingerprint density at radius 3 is 2.17 bits per heavy atom. The molecule has 0 aliphatic rings. The minimum atomic E-state index is -0.911. The van der Waals surface area contributed by atoms with Crippen LogP contribution in [0, 0.1) is 11.3 Å². The Labute approximate surface area is 140 Å². The fourth-order valence-corrected chi connectivity index (χ4v) is 2.08. The first-order valence-corrected chi connectivity index (χ1v) is 7.53. The molecule has 5 heteroatoms. The topological polar surface area (TPSA) is 76.4 Å². The molecule has 1 atom stereocenters. The van der Waals surface area contributed by atoms with Gasteiger partial charge in [0, 0.05) is 5.56 Å². The molecule has 0 fully saturated rings. The molecule has 0 heterocycles. The smallest absolute Gasteiger partial charge is 0.338 e. The number of rotatable bonds is 6. The fourth-order valence-electron chi connectivity index (χ4n) is 2.08. The van der Waals surface area contributed by atoms with Gasteiger partial charge in [-0.15, -0.1) is 0 Å². The summed E-state index contributed by atoms with van der Waals surface area (Å²) in [6.45, 7) is 3.95. The lowest BCUT2D eigenvalue weighted by molar-refractivity contribution is 0.0319. The maximum Gasteiger partial charge on any atom is 0.338 e. The van der Waals surface area contributed by atoms with Crippen molar-refractivity contribution < 1.29 is 19.1 Å². The molecule has 0 saturated carbocycles. The SMILES string of the molecule is CCOc1ccc(C(=O)[C@@H](C)OC(=O)c2ccc(C#N)cc2)cc1. The number of ether oxygens (including phenoxy) is 2. The third-order valence-electron chi connectivity index (χ3n) is 3.35. The number of hydrogen-bond donors (Lipinski definition) is 0. The molecular formula is C19H17NO4. The van der Waals surface area contributed by atoms with Crippen LogP contribution in [0.4, 0.5) is 0 Å². The van der Waals surface area contributed by atoms with E-state index in [9.17, 15) is 9.59 Å². The van der Waals surface area contributed by atoms with Crippen molar-refractivity contribution in [3.05, 3.63) is 65.2 Å². The molecule has 0 aliphatic carbocycles. The molecule has 0 spiro atoms. The van der Waals surface area contributed by atoms with Crippen LogP contribution in [-0.2, 0) is 4.74 Å². The number of hydrogen-bond acceptors (Lipinski definition) is 5. The van der Waals surface area contributed by atoms with Crippen LogP contribution >= 0.6 is 0 Å². The molecule has 0 aromatic heterocycles. The van der Waals surface area contributed by atoms with E-state index >= 15 is 0 Å². The molecular weight excluding hydrogens is 306 g/mol. The Balaban J connectivity index is 2.02. The minimum absolute atomic E-state index is 0.292. The zero-order valence-corrected chi connectivity index (χ0v) is 13.5. The highest BCUT2D eigenvalue weighted by Gasteiger charge is 2.20. The molecule has 0 bridgehead atoms. The zero-order valence-electron chi connectivity index (χ0n) is 13.5. The van der Waals surface area contributed by atoms with Crippen LogP contribution in [-0.4, -0.2) is 24.5 Å². The highest BCUT2D eigenvalue weighted by Crippen LogP contribution is 2.15. The predicted molar refractivity (Wildman–Crippen MR) is 88.0 cm³/mol. The van der Waals surface area contributed by atoms with Crippen molar-refractivity contribution in [3.63, 3.8) is 0 Å². The molecule has 24 heavy (non-hydrogen) atoms. The standard InChI is InChI=1S/C19H17NO4/c1-3-23-17-10-8-15(9-11-17)18(21)13(2)24-19(22)16-6-4-14(12-20)5-7-16/h4-11,13H,3H2,1-2H3/t13-/m1/s1. The fraction of sp³-hybridized carbons (Fsp3) is 0.211. The molecule has 0 saturated heterocycles. The zero-order chi connectivity index (χ0) is 17.5. The Morgan fingerprint density at radius 1 is 1.04 bits per heavy atom. The summed E-state index contributed by atoms with van der Waals surface area (Å²) in [5.41, 5.74) is 1.18. The average molecular weight is 323 g/mol. The van der Waals surface area contributed by atoms with Crippen LogP contribution in [0.15, 0.2) is 48.5 Å². The van der Waals surface area contributed by atoms with Crippen molar-refractivity contribution in [2.45, 2.75) is 20.0 Å². The first-order chi connectivity index (χ1) is 11.5. The van der Waals surface area contributed by atoms with Gasteiger partial charge in [0.25, 0.3) is 0 Å². The monoisotopic (exact) mass is 323 g/mol. The number of benzene rings is 2. The highest BCUT2D eigenvalue weighted by molar-refractivity contribution is 6.01. The van der Waals surface area contributed by atoms with Crippen molar-refractivity contribution >= 4 is 11.8 Å². The third kappa shape index (κ3) is 4.20. The van der Waals surface area contributed by atoms with Gasteiger partial charge in [0.1, 0.15) is 5.75 Å². The summed E-state index contributed by atoms with van der Waals surface area (Å²) in [5, 5.41) is 8.74. The van der Waals surface area contributed by atoms with Gasteiger partial charge in [0.05, 0.1) is 23.8 Å². The van der Waals surface area contributed by atoms with E-state index in [1.165, 1.54) is 31.2 Å². The Morgan fingerprint density at radius 2 is 1.62 bits per heavy atom. The van der Waals surface area contributed by atoms with Gasteiger partial charge in [-0.1, -0.05) is 0 Å². The van der Waals surface area contributed by atoms with E-state index in [2.05, 4.69) is 0 Å². The highest BCUT2D eigenvalue weighted by atomic mass is 16.5. The van der Waals surface area contributed by atoms with Crippen LogP contribution in [0.25, 0.3) is 0 Å². The summed E-state index contributed by atoms with van der Waals surface area (Å²) in [4.78, 5) is 24.4. The molecule has 0 amide bonds. The molecule has 5 nitrogen and oxygen atoms in total. The molecule has 2 aromatic rings. The quantitative estimate of drug-likeness (QED) is 0.601. The van der Waals surface area contributed by atoms with E-state index in [1.54, 1.807) is 24.3 Å². The lowest BCUT2D eigenvalue weighted by Crippen LogP contribution is -2.24. The molecule has 2 rings (SSSR count). The number of nitriles is 1. The van der Waals surface area contributed by atoms with E-state index in [1.807, 2.05) is 13.0 Å². The Kier molecular flexibility index (Phi) is 5.69. The van der Waals surface area contributed by atoms with Gasteiger partial charge in [-0.25, -0.2) is 4.79 Å². The van der Waals surface area contributed by atoms with E-state index in [4.69, 9.17) is 14.7 Å². The Hall–Kier alpha value is -3.13. The van der Waals surface area contributed by atoms with Gasteiger partial charge in [0.15, 0.2) is 6.10 Å². The number of carbonyl (C=O) groups is 2. The van der Waals surface area contributed by atoms with Crippen LogP contribution in [0.1, 0.15) is 40.1 Å². The third-order valence-corrected chi connectivity index (χ3v) is 3.35. The van der Waals surface area contributed by atoms with Gasteiger partial charge in [-0.2, -0.15) is 5.26 Å². The number of esters is 1. The summed E-state index contributed by atoms with van der Waals surface area (Å²) >= 11 is 0. The van der Waals surface area contributed by atoms with E-state index in [0.717, 1.165) is 0 Å². The summed E-state index contributed by atoms with van der Waals surface area (Å²) < 4.78 is 10.5. The average Bonchev–Trinajstić information content (AvgIpc) is 2.62. The van der Waals surface area contributed by atoms with Crippen molar-refractivity contribution in [2.75, 3.05) is 6.61 Å². The Bertz CT molecular complexity index is 757. The maximum atomic E-state index is 12.3. The normalized spacial score (nSPS) is 11.2. The van der Waals surface area contributed by atoms with Gasteiger partial charge in [0.2, 0.25) is 5.78 Å². The van der Waals surface area contributed by atoms with E-state index < -0.39 is 12.1 Å². The second-order valence-corrected chi connectivity index (χ2v) is 5.06. The minimum Gasteiger partial charge on any atom is -0.494 e. The lowest BCUT2D eigenvalue weighted by atomic mass is 10.1. The van der Waals surface area contributed by atoms with E-state index in [-0.39, 0.29) is 5.78 Å². The van der Waals surface area contributed by atoms with Crippen LogP contribution < -0.4 is 4.74 Å². The molecule has 122 valence electrons. The largest absolute Gasteiger partial charge is 0.494 e. The molecule has 0 N–H and O–H groups in total. The summed E-state index contributed by atoms with van der Waals surface area (Å²) in [7, 11) is 0. The second kappa shape index (κ2) is 7.93. The van der Waals surface area contributed by atoms with E-state index in [0.29, 0.717) is 29.0 Å². The summed E-state index contributed by atoms with van der Waals surface area (Å²) in [6.07, 6.45) is -0.911. The second-order valence-electron chi connectivity index (χ2n) is 5.06. The summed E-state index contributed by atoms with van der Waals surface area (Å²) in [6, 6.07) is 14.7. The van der Waals surface area contributed by atoms with Gasteiger partial charge in [-0.3, -0.25) is 4.79 Å². The number of Topliss-reactive ketones (excluding diaryl/α,β-unsaturated/α-hetero) is 1. The van der Waals surface area contributed by atoms with Crippen LogP contribution in [0.5, 0.6) is 5.75 Å². The molecule has 0 unspecified atom stereocenters. The lowest BCUT2D eigenvalue weighted by Gasteiger charge is -2.13. The number of nitrogens with zero attached hydrogens (tertiary/aromatic N) is 1. The molecule has 0 radical (unpaired) electrons. The van der Waals surface area contributed by atoms with Gasteiger partial charge < -0.3 is 9.47 Å². The molecule has 0 aliphatic heterocycles. The maximum absolute atomic E-state index is 12.3. The van der Waals surface area contributed by atoms with Crippen molar-refractivity contribution in [2.24, 2.45) is 0 Å². The first-order valence-electron chi connectivity index (χ1n) is 7.53.